The van der Waals surface area contributed by atoms with E-state index < -0.39 is 5.97 Å². The second-order valence-electron chi connectivity index (χ2n) is 6.18. The maximum Gasteiger partial charge on any atom is 0.313 e. The minimum absolute atomic E-state index is 0.134. The first-order chi connectivity index (χ1) is 13.0. The predicted octanol–water partition coefficient (Wildman–Crippen LogP) is 3.65. The van der Waals surface area contributed by atoms with Crippen molar-refractivity contribution < 1.29 is 14.3 Å². The average Bonchev–Trinajstić information content (AvgIpc) is 2.94. The lowest BCUT2D eigenvalue weighted by Crippen LogP contribution is -2.04. The van der Waals surface area contributed by atoms with E-state index in [4.69, 9.17) is 5.11 Å². The number of hydrogen-bond acceptors (Lipinski definition) is 5. The van der Waals surface area contributed by atoms with Gasteiger partial charge in [-0.05, 0) is 36.8 Å². The molecule has 0 unspecified atom stereocenters. The van der Waals surface area contributed by atoms with Crippen molar-refractivity contribution in [1.29, 1.82) is 0 Å². The summed E-state index contributed by atoms with van der Waals surface area (Å²) in [6, 6.07) is 12.4. The highest BCUT2D eigenvalue weighted by Gasteiger charge is 2.16. The van der Waals surface area contributed by atoms with Crippen molar-refractivity contribution in [3.05, 3.63) is 59.4 Å². The number of carboxylic acids is 1. The van der Waals surface area contributed by atoms with Crippen molar-refractivity contribution in [1.82, 2.24) is 19.7 Å². The van der Waals surface area contributed by atoms with Gasteiger partial charge in [0.1, 0.15) is 11.3 Å². The topological polar surface area (TPSA) is 80.9 Å². The minimum atomic E-state index is -0.939. The lowest BCUT2D eigenvalue weighted by atomic mass is 10.1. The van der Waals surface area contributed by atoms with Gasteiger partial charge in [0.25, 0.3) is 0 Å². The van der Waals surface area contributed by atoms with Gasteiger partial charge < -0.3 is 9.67 Å². The summed E-state index contributed by atoms with van der Waals surface area (Å²) in [6.45, 7) is 2.49. The van der Waals surface area contributed by atoms with Crippen LogP contribution in [0, 0.1) is 12.7 Å². The highest BCUT2D eigenvalue weighted by Crippen LogP contribution is 2.29. The number of aliphatic carboxylic acids is 1. The van der Waals surface area contributed by atoms with Gasteiger partial charge in [0, 0.05) is 11.9 Å². The van der Waals surface area contributed by atoms with Crippen LogP contribution in [0.2, 0.25) is 0 Å². The molecule has 0 saturated carbocycles. The zero-order valence-corrected chi connectivity index (χ0v) is 15.2. The van der Waals surface area contributed by atoms with E-state index in [1.54, 1.807) is 12.1 Å². The van der Waals surface area contributed by atoms with E-state index in [0.717, 1.165) is 33.8 Å². The summed E-state index contributed by atoms with van der Waals surface area (Å²) in [5.41, 5.74) is 4.25. The van der Waals surface area contributed by atoms with Crippen LogP contribution in [0.4, 0.5) is 4.39 Å². The van der Waals surface area contributed by atoms with E-state index in [9.17, 15) is 9.18 Å². The average molecular weight is 382 g/mol. The van der Waals surface area contributed by atoms with Crippen molar-refractivity contribution in [3.8, 4) is 0 Å². The Bertz CT molecular complexity index is 1160. The standard InChI is InChI=1S/C19H15FN4O2S/c1-11-2-7-15-14(8-11)17-18(21-19(23-22-17)27-10-16(25)26)24(15)9-12-3-5-13(20)6-4-12/h2-8H,9-10H2,1H3,(H,25,26). The molecule has 27 heavy (non-hydrogen) atoms. The molecule has 6 nitrogen and oxygen atoms in total. The molecule has 136 valence electrons. The molecule has 2 aromatic carbocycles. The molecule has 1 N–H and O–H groups in total. The number of aryl methyl sites for hydroxylation is 1. The summed E-state index contributed by atoms with van der Waals surface area (Å²) in [4.78, 5) is 15.4. The van der Waals surface area contributed by atoms with Gasteiger partial charge in [-0.2, -0.15) is 0 Å². The van der Waals surface area contributed by atoms with Gasteiger partial charge in [-0.25, -0.2) is 9.37 Å². The van der Waals surface area contributed by atoms with Crippen molar-refractivity contribution in [2.75, 3.05) is 5.75 Å². The molecule has 0 amide bonds. The molecule has 0 saturated heterocycles. The fraction of sp³-hybridized carbons (Fsp3) is 0.158. The maximum atomic E-state index is 13.2. The predicted molar refractivity (Wildman–Crippen MR) is 101 cm³/mol. The number of thioether (sulfide) groups is 1. The molecule has 0 spiro atoms. The van der Waals surface area contributed by atoms with E-state index in [1.165, 1.54) is 12.1 Å². The zero-order chi connectivity index (χ0) is 19.0. The van der Waals surface area contributed by atoms with E-state index >= 15 is 0 Å². The van der Waals surface area contributed by atoms with Crippen LogP contribution in [0.5, 0.6) is 0 Å². The fourth-order valence-electron chi connectivity index (χ4n) is 2.97. The largest absolute Gasteiger partial charge is 0.481 e. The molecule has 8 heteroatoms. The molecule has 0 aliphatic rings. The van der Waals surface area contributed by atoms with Crippen LogP contribution in [0.3, 0.4) is 0 Å². The Hall–Kier alpha value is -3.00. The third-order valence-corrected chi connectivity index (χ3v) is 5.00. The third-order valence-electron chi connectivity index (χ3n) is 4.18. The van der Waals surface area contributed by atoms with Crippen LogP contribution >= 0.6 is 11.8 Å². The number of halogens is 1. The number of fused-ring (bicyclic) bond motifs is 3. The zero-order valence-electron chi connectivity index (χ0n) is 14.4. The summed E-state index contributed by atoms with van der Waals surface area (Å²) < 4.78 is 15.2. The van der Waals surface area contributed by atoms with Gasteiger partial charge in [0.2, 0.25) is 5.16 Å². The molecule has 0 atom stereocenters. The number of hydrogen-bond donors (Lipinski definition) is 1. The molecule has 0 fully saturated rings. The van der Waals surface area contributed by atoms with Crippen LogP contribution < -0.4 is 0 Å². The first kappa shape index (κ1) is 17.4. The second-order valence-corrected chi connectivity index (χ2v) is 7.12. The van der Waals surface area contributed by atoms with Crippen molar-refractivity contribution in [3.63, 3.8) is 0 Å². The summed E-state index contributed by atoms with van der Waals surface area (Å²) in [6.07, 6.45) is 0. The van der Waals surface area contributed by atoms with Gasteiger partial charge in [-0.1, -0.05) is 35.5 Å². The maximum absolute atomic E-state index is 13.2. The summed E-state index contributed by atoms with van der Waals surface area (Å²) in [5, 5.41) is 18.5. The van der Waals surface area contributed by atoms with E-state index in [-0.39, 0.29) is 11.6 Å². The van der Waals surface area contributed by atoms with Gasteiger partial charge in [-0.15, -0.1) is 10.2 Å². The second kappa shape index (κ2) is 6.96. The number of nitrogens with zero attached hydrogens (tertiary/aromatic N) is 4. The fourth-order valence-corrected chi connectivity index (χ4v) is 3.48. The highest BCUT2D eigenvalue weighted by molar-refractivity contribution is 7.99. The number of rotatable bonds is 5. The number of carboxylic acid groups (broad SMARTS) is 1. The lowest BCUT2D eigenvalue weighted by molar-refractivity contribution is -0.133. The molecule has 0 aliphatic carbocycles. The van der Waals surface area contributed by atoms with Gasteiger partial charge in [-0.3, -0.25) is 4.79 Å². The Balaban J connectivity index is 1.87. The van der Waals surface area contributed by atoms with E-state index in [0.29, 0.717) is 22.9 Å². The van der Waals surface area contributed by atoms with Gasteiger partial charge in [0.05, 0.1) is 11.3 Å². The third kappa shape index (κ3) is 3.48. The van der Waals surface area contributed by atoms with Crippen molar-refractivity contribution in [2.45, 2.75) is 18.6 Å². The first-order valence-corrected chi connectivity index (χ1v) is 9.22. The Kier molecular flexibility index (Phi) is 4.49. The number of benzene rings is 2. The van der Waals surface area contributed by atoms with E-state index in [2.05, 4.69) is 15.2 Å². The SMILES string of the molecule is Cc1ccc2c(c1)c1nnc(SCC(=O)O)nc1n2Cc1ccc(F)cc1. The molecule has 2 heterocycles. The molecule has 0 aliphatic heterocycles. The Morgan fingerprint density at radius 3 is 2.70 bits per heavy atom. The van der Waals surface area contributed by atoms with Gasteiger partial charge >= 0.3 is 5.97 Å². The minimum Gasteiger partial charge on any atom is -0.481 e. The molecule has 0 bridgehead atoms. The van der Waals surface area contributed by atoms with Gasteiger partial charge in [0.15, 0.2) is 5.65 Å². The van der Waals surface area contributed by atoms with Crippen LogP contribution in [-0.2, 0) is 11.3 Å². The Morgan fingerprint density at radius 1 is 1.19 bits per heavy atom. The quantitative estimate of drug-likeness (QED) is 0.531. The molecular formula is C19H15FN4O2S. The van der Waals surface area contributed by atoms with Crippen molar-refractivity contribution >= 4 is 39.8 Å². The summed E-state index contributed by atoms with van der Waals surface area (Å²) >= 11 is 1.03. The highest BCUT2D eigenvalue weighted by atomic mass is 32.2. The normalized spacial score (nSPS) is 11.3. The molecule has 4 rings (SSSR count). The molecular weight excluding hydrogens is 367 g/mol. The van der Waals surface area contributed by atoms with Crippen LogP contribution in [0.1, 0.15) is 11.1 Å². The smallest absolute Gasteiger partial charge is 0.313 e. The summed E-state index contributed by atoms with van der Waals surface area (Å²) in [5.74, 6) is -1.36. The lowest BCUT2D eigenvalue weighted by Gasteiger charge is -2.07. The monoisotopic (exact) mass is 382 g/mol. The molecule has 4 aromatic rings. The van der Waals surface area contributed by atoms with Crippen LogP contribution in [0.25, 0.3) is 22.1 Å². The Labute approximate surface area is 158 Å². The Morgan fingerprint density at radius 2 is 1.96 bits per heavy atom. The van der Waals surface area contributed by atoms with Crippen molar-refractivity contribution in [2.24, 2.45) is 0 Å². The van der Waals surface area contributed by atoms with E-state index in [1.807, 2.05) is 29.7 Å². The summed E-state index contributed by atoms with van der Waals surface area (Å²) in [7, 11) is 0. The first-order valence-electron chi connectivity index (χ1n) is 8.23. The molecule has 2 aromatic heterocycles. The number of aromatic nitrogens is 4. The number of carbonyl (C=O) groups is 1. The molecule has 0 radical (unpaired) electrons. The van der Waals surface area contributed by atoms with Crippen LogP contribution in [-0.4, -0.2) is 36.6 Å². The van der Waals surface area contributed by atoms with Crippen LogP contribution in [0.15, 0.2) is 47.6 Å².